The predicted octanol–water partition coefficient (Wildman–Crippen LogP) is 3.72. The van der Waals surface area contributed by atoms with Gasteiger partial charge in [-0.05, 0) is 0 Å². The van der Waals surface area contributed by atoms with E-state index >= 15 is 0 Å². The van der Waals surface area contributed by atoms with Gasteiger partial charge >= 0.3 is 222 Å². The van der Waals surface area contributed by atoms with E-state index in [9.17, 15) is 0 Å². The van der Waals surface area contributed by atoms with Crippen molar-refractivity contribution in [3.8, 4) is 11.3 Å². The molecule has 10 heteroatoms. The minimum absolute atomic E-state index is 0.143. The maximum atomic E-state index is 6.49. The van der Waals surface area contributed by atoms with Crippen molar-refractivity contribution in [1.82, 2.24) is 34.8 Å². The van der Waals surface area contributed by atoms with Crippen LogP contribution in [-0.4, -0.2) is 82.9 Å². The Kier molecular flexibility index (Phi) is 7.29. The monoisotopic (exact) mass is 625 g/mol. The molecule has 9 nitrogen and oxygen atoms in total. The summed E-state index contributed by atoms with van der Waals surface area (Å²) in [5, 5.41) is 15.1. The van der Waals surface area contributed by atoms with Crippen molar-refractivity contribution in [1.29, 1.82) is 0 Å². The Balaban J connectivity index is 1.19. The van der Waals surface area contributed by atoms with Crippen LogP contribution in [0.25, 0.3) is 33.2 Å². The molecule has 3 N–H and O–H groups in total. The van der Waals surface area contributed by atoms with E-state index in [0.717, 1.165) is 85.2 Å². The summed E-state index contributed by atoms with van der Waals surface area (Å²) < 4.78 is 10.2. The van der Waals surface area contributed by atoms with E-state index in [4.69, 9.17) is 20.6 Å². The SMILES string of the molecule is CC(C)(C)c1ccc([As]c2[nH]nc3ccc(-c4nn(C5CCC(N6CCOCC6)CC5)c5ncnc(N)c45)cc23)cc1. The van der Waals surface area contributed by atoms with E-state index in [1.54, 1.807) is 6.33 Å². The van der Waals surface area contributed by atoms with Crippen molar-refractivity contribution < 1.29 is 4.74 Å². The van der Waals surface area contributed by atoms with Crippen molar-refractivity contribution in [3.63, 3.8) is 0 Å². The molecule has 2 fully saturated rings. The number of benzene rings is 2. The molecule has 1 radical (unpaired) electrons. The number of rotatable bonds is 5. The molecule has 0 bridgehead atoms. The van der Waals surface area contributed by atoms with Crippen LogP contribution < -0.4 is 14.6 Å². The Morgan fingerprint density at radius 1 is 0.952 bits per heavy atom. The van der Waals surface area contributed by atoms with Crippen LogP contribution in [-0.2, 0) is 10.2 Å². The molecule has 42 heavy (non-hydrogen) atoms. The summed E-state index contributed by atoms with van der Waals surface area (Å²) >= 11 is -0.253. The number of nitrogens with zero attached hydrogens (tertiary/aromatic N) is 6. The normalized spacial score (nSPS) is 20.7. The van der Waals surface area contributed by atoms with Gasteiger partial charge in [-0.15, -0.1) is 0 Å². The summed E-state index contributed by atoms with van der Waals surface area (Å²) in [6.07, 6.45) is 6.03. The van der Waals surface area contributed by atoms with Crippen LogP contribution >= 0.6 is 0 Å². The molecule has 4 heterocycles. The van der Waals surface area contributed by atoms with Gasteiger partial charge in [0, 0.05) is 13.1 Å². The number of hydrogen-bond donors (Lipinski definition) is 2. The van der Waals surface area contributed by atoms with Gasteiger partial charge in [0.25, 0.3) is 0 Å². The number of nitrogen functional groups attached to an aromatic ring is 1. The van der Waals surface area contributed by atoms with Crippen LogP contribution in [0.15, 0.2) is 48.8 Å². The van der Waals surface area contributed by atoms with Crippen molar-refractivity contribution >= 4 is 52.3 Å². The van der Waals surface area contributed by atoms with E-state index < -0.39 is 0 Å². The zero-order valence-corrected chi connectivity index (χ0v) is 26.4. The number of aromatic amines is 1. The van der Waals surface area contributed by atoms with Crippen LogP contribution in [0.5, 0.6) is 0 Å². The van der Waals surface area contributed by atoms with E-state index in [1.165, 1.54) is 14.4 Å². The zero-order chi connectivity index (χ0) is 28.8. The summed E-state index contributed by atoms with van der Waals surface area (Å²) in [6, 6.07) is 16.3. The summed E-state index contributed by atoms with van der Waals surface area (Å²) in [5.41, 5.74) is 11.6. The fourth-order valence-electron chi connectivity index (χ4n) is 6.46. The van der Waals surface area contributed by atoms with E-state index in [1.807, 2.05) is 0 Å². The van der Waals surface area contributed by atoms with Gasteiger partial charge in [-0.1, -0.05) is 0 Å². The maximum absolute atomic E-state index is 6.49. The molecule has 1 saturated carbocycles. The Labute approximate surface area is 252 Å². The number of H-pyrrole nitrogens is 1. The Morgan fingerprint density at radius 2 is 1.69 bits per heavy atom. The van der Waals surface area contributed by atoms with Crippen LogP contribution in [0.2, 0.25) is 0 Å². The van der Waals surface area contributed by atoms with Gasteiger partial charge in [0.1, 0.15) is 0 Å². The molecule has 1 aliphatic carbocycles. The number of ether oxygens (including phenoxy) is 1. The molecule has 1 saturated heterocycles. The first-order valence-corrected chi connectivity index (χ1v) is 16.8. The van der Waals surface area contributed by atoms with Gasteiger partial charge in [0.05, 0.1) is 13.2 Å². The molecule has 0 spiro atoms. The predicted molar refractivity (Wildman–Crippen MR) is 169 cm³/mol. The van der Waals surface area contributed by atoms with E-state index in [0.29, 0.717) is 17.9 Å². The third kappa shape index (κ3) is 5.23. The Morgan fingerprint density at radius 3 is 2.43 bits per heavy atom. The Bertz CT molecular complexity index is 1710. The zero-order valence-electron chi connectivity index (χ0n) is 24.5. The first kappa shape index (κ1) is 27.6. The molecule has 0 atom stereocenters. The van der Waals surface area contributed by atoms with Gasteiger partial charge < -0.3 is 4.74 Å². The molecule has 7 rings (SSSR count). The third-order valence-corrected chi connectivity index (χ3v) is 11.2. The van der Waals surface area contributed by atoms with Crippen LogP contribution in [0.1, 0.15) is 58.1 Å². The topological polar surface area (TPSA) is 111 Å². The molecule has 2 aromatic carbocycles. The molecule has 0 unspecified atom stereocenters. The summed E-state index contributed by atoms with van der Waals surface area (Å²) in [6.45, 7) is 10.5. The fourth-order valence-corrected chi connectivity index (χ4v) is 8.46. The van der Waals surface area contributed by atoms with Gasteiger partial charge in [-0.3, -0.25) is 0 Å². The molecule has 1 aliphatic heterocycles. The number of morpholine rings is 1. The molecule has 0 amide bonds. The molecule has 3 aromatic heterocycles. The van der Waals surface area contributed by atoms with Crippen LogP contribution in [0.3, 0.4) is 0 Å². The number of fused-ring (bicyclic) bond motifs is 2. The number of aromatic nitrogens is 6. The van der Waals surface area contributed by atoms with Crippen LogP contribution in [0.4, 0.5) is 5.82 Å². The summed E-state index contributed by atoms with van der Waals surface area (Å²) in [5.74, 6) is 0.473. The third-order valence-electron chi connectivity index (χ3n) is 8.87. The average molecular weight is 626 g/mol. The first-order valence-electron chi connectivity index (χ1n) is 15.0. The molecular weight excluding hydrogens is 587 g/mol. The second kappa shape index (κ2) is 11.1. The average Bonchev–Trinajstić information content (AvgIpc) is 3.60. The molecule has 217 valence electrons. The second-order valence-electron chi connectivity index (χ2n) is 12.6. The number of nitrogens with two attached hydrogens (primary N) is 1. The number of nitrogens with one attached hydrogen (secondary N) is 1. The summed E-state index contributed by atoms with van der Waals surface area (Å²) in [4.78, 5) is 11.6. The Hall–Kier alpha value is -3.26. The molecular formula is C32H38AsN8O. The second-order valence-corrected chi connectivity index (χ2v) is 15.1. The van der Waals surface area contributed by atoms with Crippen LogP contribution in [0, 0.1) is 0 Å². The molecule has 5 aromatic rings. The van der Waals surface area contributed by atoms with E-state index in [2.05, 4.69) is 88.0 Å². The standard InChI is InChI=1S/C32H38AsN8O/c1-32(2,3)21-5-7-22(8-6-21)33-29-25-18-20(4-13-26(25)37-38-29)28-27-30(34)35-19-36-31(27)41(39-28)24-11-9-23(10-12-24)40-14-16-42-17-15-40/h4-8,13,18-19,23-24H,9-12,14-17H2,1-3H3,(H,37,38)(H2,34,35,36). The quantitative estimate of drug-likeness (QED) is 0.287. The van der Waals surface area contributed by atoms with E-state index in [-0.39, 0.29) is 21.2 Å². The molecule has 2 aliphatic rings. The van der Waals surface area contributed by atoms with Gasteiger partial charge in [-0.2, -0.15) is 0 Å². The minimum atomic E-state index is -0.253. The van der Waals surface area contributed by atoms with Gasteiger partial charge in [0.2, 0.25) is 0 Å². The number of anilines is 1. The first-order chi connectivity index (χ1) is 20.3. The van der Waals surface area contributed by atoms with Crippen molar-refractivity contribution in [2.24, 2.45) is 0 Å². The van der Waals surface area contributed by atoms with Gasteiger partial charge in [0.15, 0.2) is 0 Å². The van der Waals surface area contributed by atoms with Gasteiger partial charge in [-0.25, -0.2) is 0 Å². The number of hydrogen-bond acceptors (Lipinski definition) is 7. The van der Waals surface area contributed by atoms with Crippen molar-refractivity contribution in [2.75, 3.05) is 32.0 Å². The van der Waals surface area contributed by atoms with Crippen molar-refractivity contribution in [3.05, 3.63) is 54.4 Å². The summed E-state index contributed by atoms with van der Waals surface area (Å²) in [7, 11) is 0. The fraction of sp³-hybridized carbons (Fsp3) is 0.438. The van der Waals surface area contributed by atoms with Crippen molar-refractivity contribution in [2.45, 2.75) is 64.0 Å².